The van der Waals surface area contributed by atoms with E-state index in [2.05, 4.69) is 15.6 Å². The van der Waals surface area contributed by atoms with Crippen LogP contribution in [-0.2, 0) is 11.8 Å². The summed E-state index contributed by atoms with van der Waals surface area (Å²) in [6, 6.07) is 12.4. The fraction of sp³-hybridized carbons (Fsp3) is 0.167. The van der Waals surface area contributed by atoms with Crippen LogP contribution in [0.5, 0.6) is 0 Å². The first-order chi connectivity index (χ1) is 11.4. The van der Waals surface area contributed by atoms with Crippen molar-refractivity contribution in [2.75, 3.05) is 10.6 Å². The van der Waals surface area contributed by atoms with Gasteiger partial charge in [-0.15, -0.1) is 0 Å². The predicted molar refractivity (Wildman–Crippen MR) is 94.1 cm³/mol. The highest BCUT2D eigenvalue weighted by Crippen LogP contribution is 2.19. The van der Waals surface area contributed by atoms with E-state index in [1.807, 2.05) is 24.6 Å². The summed E-state index contributed by atoms with van der Waals surface area (Å²) in [7, 11) is 1.94. The van der Waals surface area contributed by atoms with Gasteiger partial charge in [-0.25, -0.2) is 4.98 Å². The molecule has 0 atom stereocenters. The molecular formula is C18H18N4O2. The summed E-state index contributed by atoms with van der Waals surface area (Å²) in [6.45, 7) is 3.36. The van der Waals surface area contributed by atoms with Crippen molar-refractivity contribution in [1.29, 1.82) is 0 Å². The zero-order chi connectivity index (χ0) is 17.3. The molecule has 122 valence electrons. The van der Waals surface area contributed by atoms with Crippen LogP contribution < -0.4 is 10.6 Å². The standard InChI is InChI=1S/C18H18N4O2/c1-11-19-16-9-13(7-8-17(16)22(11)3)18(24)21-15-6-4-5-14(10-15)20-12(2)23/h4-10H,1-3H3,(H,20,23)(H,21,24). The van der Waals surface area contributed by atoms with Crippen molar-refractivity contribution in [3.63, 3.8) is 0 Å². The smallest absolute Gasteiger partial charge is 0.255 e. The molecule has 6 heteroatoms. The van der Waals surface area contributed by atoms with Crippen molar-refractivity contribution < 1.29 is 9.59 Å². The predicted octanol–water partition coefficient (Wildman–Crippen LogP) is 3.09. The lowest BCUT2D eigenvalue weighted by molar-refractivity contribution is -0.114. The Morgan fingerprint density at radius 1 is 1.04 bits per heavy atom. The summed E-state index contributed by atoms with van der Waals surface area (Å²) in [5.41, 5.74) is 3.55. The van der Waals surface area contributed by atoms with Crippen molar-refractivity contribution in [2.24, 2.45) is 7.05 Å². The fourth-order valence-corrected chi connectivity index (χ4v) is 2.54. The lowest BCUT2D eigenvalue weighted by Crippen LogP contribution is -2.12. The first kappa shape index (κ1) is 15.7. The number of nitrogens with one attached hydrogen (secondary N) is 2. The highest BCUT2D eigenvalue weighted by atomic mass is 16.2. The molecule has 0 saturated carbocycles. The molecule has 0 fully saturated rings. The monoisotopic (exact) mass is 322 g/mol. The summed E-state index contributed by atoms with van der Waals surface area (Å²) in [5.74, 6) is 0.514. The summed E-state index contributed by atoms with van der Waals surface area (Å²) < 4.78 is 1.98. The molecule has 1 aromatic heterocycles. The fourth-order valence-electron chi connectivity index (χ4n) is 2.54. The number of aryl methyl sites for hydroxylation is 2. The maximum atomic E-state index is 12.4. The van der Waals surface area contributed by atoms with Gasteiger partial charge in [0.15, 0.2) is 0 Å². The van der Waals surface area contributed by atoms with Crippen LogP contribution in [0.25, 0.3) is 11.0 Å². The molecular weight excluding hydrogens is 304 g/mol. The largest absolute Gasteiger partial charge is 0.331 e. The molecule has 3 rings (SSSR count). The lowest BCUT2D eigenvalue weighted by atomic mass is 10.1. The average Bonchev–Trinajstić information content (AvgIpc) is 2.81. The third kappa shape index (κ3) is 3.12. The van der Waals surface area contributed by atoms with E-state index in [1.165, 1.54) is 6.92 Å². The quantitative estimate of drug-likeness (QED) is 0.778. The molecule has 0 saturated heterocycles. The molecule has 2 amide bonds. The van der Waals surface area contributed by atoms with E-state index in [4.69, 9.17) is 0 Å². The Kier molecular flexibility index (Phi) is 4.04. The van der Waals surface area contributed by atoms with E-state index in [0.717, 1.165) is 16.9 Å². The van der Waals surface area contributed by atoms with E-state index < -0.39 is 0 Å². The molecule has 2 N–H and O–H groups in total. The van der Waals surface area contributed by atoms with E-state index in [1.54, 1.807) is 36.4 Å². The van der Waals surface area contributed by atoms with Gasteiger partial charge in [-0.05, 0) is 43.3 Å². The van der Waals surface area contributed by atoms with Crippen LogP contribution in [0.2, 0.25) is 0 Å². The molecule has 3 aromatic rings. The number of nitrogens with zero attached hydrogens (tertiary/aromatic N) is 2. The van der Waals surface area contributed by atoms with Crippen LogP contribution in [-0.4, -0.2) is 21.4 Å². The number of fused-ring (bicyclic) bond motifs is 1. The van der Waals surface area contributed by atoms with Crippen LogP contribution in [0.1, 0.15) is 23.1 Å². The van der Waals surface area contributed by atoms with Gasteiger partial charge in [-0.2, -0.15) is 0 Å². The minimum atomic E-state index is -0.222. The van der Waals surface area contributed by atoms with Crippen molar-refractivity contribution in [2.45, 2.75) is 13.8 Å². The summed E-state index contributed by atoms with van der Waals surface area (Å²) in [5, 5.41) is 5.52. The number of rotatable bonds is 3. The van der Waals surface area contributed by atoms with Gasteiger partial charge in [0.2, 0.25) is 5.91 Å². The maximum Gasteiger partial charge on any atom is 0.255 e. The van der Waals surface area contributed by atoms with E-state index >= 15 is 0 Å². The zero-order valence-electron chi connectivity index (χ0n) is 13.8. The zero-order valence-corrected chi connectivity index (χ0v) is 13.8. The molecule has 0 aliphatic carbocycles. The minimum Gasteiger partial charge on any atom is -0.331 e. The molecule has 2 aromatic carbocycles. The van der Waals surface area contributed by atoms with E-state index in [-0.39, 0.29) is 11.8 Å². The SMILES string of the molecule is CC(=O)Nc1cccc(NC(=O)c2ccc3c(c2)nc(C)n3C)c1. The summed E-state index contributed by atoms with van der Waals surface area (Å²) in [4.78, 5) is 28.0. The molecule has 0 spiro atoms. The average molecular weight is 322 g/mol. The number of amides is 2. The Labute approximate surface area is 139 Å². The number of hydrogen-bond donors (Lipinski definition) is 2. The molecule has 0 unspecified atom stereocenters. The van der Waals surface area contributed by atoms with Crippen molar-refractivity contribution >= 4 is 34.2 Å². The first-order valence-electron chi connectivity index (χ1n) is 7.56. The Morgan fingerprint density at radius 2 is 1.75 bits per heavy atom. The molecule has 0 aliphatic rings. The Bertz CT molecular complexity index is 943. The van der Waals surface area contributed by atoms with Gasteiger partial charge in [0.1, 0.15) is 5.82 Å². The van der Waals surface area contributed by atoms with Gasteiger partial charge >= 0.3 is 0 Å². The second-order valence-corrected chi connectivity index (χ2v) is 5.64. The van der Waals surface area contributed by atoms with E-state index in [9.17, 15) is 9.59 Å². The molecule has 0 aliphatic heterocycles. The number of carbonyl (C=O) groups excluding carboxylic acids is 2. The van der Waals surface area contributed by atoms with Gasteiger partial charge < -0.3 is 15.2 Å². The number of benzene rings is 2. The third-order valence-corrected chi connectivity index (χ3v) is 3.81. The van der Waals surface area contributed by atoms with E-state index in [0.29, 0.717) is 16.9 Å². The first-order valence-corrected chi connectivity index (χ1v) is 7.56. The summed E-state index contributed by atoms with van der Waals surface area (Å²) in [6.07, 6.45) is 0. The molecule has 1 heterocycles. The number of aromatic nitrogens is 2. The van der Waals surface area contributed by atoms with Crippen molar-refractivity contribution in [1.82, 2.24) is 9.55 Å². The number of anilines is 2. The normalized spacial score (nSPS) is 10.6. The molecule has 0 bridgehead atoms. The highest BCUT2D eigenvalue weighted by Gasteiger charge is 2.10. The number of imidazole rings is 1. The Morgan fingerprint density at radius 3 is 2.46 bits per heavy atom. The third-order valence-electron chi connectivity index (χ3n) is 3.81. The second-order valence-electron chi connectivity index (χ2n) is 5.64. The van der Waals surface area contributed by atoms with Gasteiger partial charge in [-0.1, -0.05) is 6.07 Å². The second kappa shape index (κ2) is 6.16. The minimum absolute atomic E-state index is 0.158. The highest BCUT2D eigenvalue weighted by molar-refractivity contribution is 6.06. The van der Waals surface area contributed by atoms with Gasteiger partial charge in [0.05, 0.1) is 11.0 Å². The van der Waals surface area contributed by atoms with Crippen LogP contribution in [0, 0.1) is 6.92 Å². The maximum absolute atomic E-state index is 12.4. The van der Waals surface area contributed by atoms with Crippen LogP contribution in [0.3, 0.4) is 0 Å². The van der Waals surface area contributed by atoms with Crippen molar-refractivity contribution in [3.05, 3.63) is 53.9 Å². The van der Waals surface area contributed by atoms with Gasteiger partial charge in [0, 0.05) is 30.9 Å². The van der Waals surface area contributed by atoms with Crippen LogP contribution in [0.15, 0.2) is 42.5 Å². The number of carbonyl (C=O) groups is 2. The van der Waals surface area contributed by atoms with Crippen molar-refractivity contribution in [3.8, 4) is 0 Å². The van der Waals surface area contributed by atoms with Gasteiger partial charge in [-0.3, -0.25) is 9.59 Å². The van der Waals surface area contributed by atoms with Crippen LogP contribution >= 0.6 is 0 Å². The molecule has 0 radical (unpaired) electrons. The lowest BCUT2D eigenvalue weighted by Gasteiger charge is -2.08. The summed E-state index contributed by atoms with van der Waals surface area (Å²) >= 11 is 0. The molecule has 24 heavy (non-hydrogen) atoms. The number of hydrogen-bond acceptors (Lipinski definition) is 3. The van der Waals surface area contributed by atoms with Gasteiger partial charge in [0.25, 0.3) is 5.91 Å². The Balaban J connectivity index is 1.83. The topological polar surface area (TPSA) is 76.0 Å². The van der Waals surface area contributed by atoms with Crippen LogP contribution in [0.4, 0.5) is 11.4 Å². The Hall–Kier alpha value is -3.15. The molecule has 6 nitrogen and oxygen atoms in total.